The molecule has 3 atom stereocenters. The van der Waals surface area contributed by atoms with E-state index in [1.165, 1.54) is 32.4 Å². The number of rotatable bonds is 1. The summed E-state index contributed by atoms with van der Waals surface area (Å²) in [6, 6.07) is 0.729. The summed E-state index contributed by atoms with van der Waals surface area (Å²) in [5.74, 6) is 0.988. The first-order valence-electron chi connectivity index (χ1n) is 4.34. The van der Waals surface area contributed by atoms with Gasteiger partial charge in [-0.15, -0.1) is 0 Å². The summed E-state index contributed by atoms with van der Waals surface area (Å²) >= 11 is 0. The molecule has 3 unspecified atom stereocenters. The van der Waals surface area contributed by atoms with Crippen molar-refractivity contribution in [3.63, 3.8) is 0 Å². The van der Waals surface area contributed by atoms with Gasteiger partial charge in [-0.2, -0.15) is 0 Å². The lowest BCUT2D eigenvalue weighted by Crippen LogP contribution is -2.36. The van der Waals surface area contributed by atoms with Gasteiger partial charge in [0.25, 0.3) is 0 Å². The summed E-state index contributed by atoms with van der Waals surface area (Å²) in [5.41, 5.74) is 5.65. The van der Waals surface area contributed by atoms with E-state index in [0.717, 1.165) is 18.5 Å². The number of hydrogen-bond donors (Lipinski definition) is 1. The summed E-state index contributed by atoms with van der Waals surface area (Å²) in [4.78, 5) is 2.56. The van der Waals surface area contributed by atoms with Crippen LogP contribution in [-0.2, 0) is 0 Å². The summed E-state index contributed by atoms with van der Waals surface area (Å²) in [5, 5.41) is 0. The van der Waals surface area contributed by atoms with Crippen LogP contribution >= 0.6 is 0 Å². The van der Waals surface area contributed by atoms with Crippen molar-refractivity contribution in [2.75, 3.05) is 19.6 Å². The summed E-state index contributed by atoms with van der Waals surface area (Å²) in [6.45, 7) is 3.51. The Kier molecular flexibility index (Phi) is 1.66. The van der Waals surface area contributed by atoms with E-state index in [0.29, 0.717) is 0 Å². The van der Waals surface area contributed by atoms with Gasteiger partial charge in [-0.05, 0) is 31.7 Å². The average Bonchev–Trinajstić information content (AvgIpc) is 2.26. The number of nitrogens with two attached hydrogens (primary N) is 1. The van der Waals surface area contributed by atoms with Gasteiger partial charge >= 0.3 is 0 Å². The van der Waals surface area contributed by atoms with Crippen LogP contribution in [0.3, 0.4) is 0 Å². The molecule has 0 aromatic heterocycles. The third-order valence-corrected chi connectivity index (χ3v) is 2.94. The Morgan fingerprint density at radius 1 is 1.50 bits per heavy atom. The number of piperidine rings is 1. The van der Waals surface area contributed by atoms with Crippen LogP contribution in [0, 0.1) is 5.92 Å². The van der Waals surface area contributed by atoms with Crippen LogP contribution in [0.4, 0.5) is 0 Å². The van der Waals surface area contributed by atoms with Crippen LogP contribution in [0.15, 0.2) is 0 Å². The van der Waals surface area contributed by atoms with E-state index in [4.69, 9.17) is 5.73 Å². The normalized spacial score (nSPS) is 45.9. The highest BCUT2D eigenvalue weighted by Gasteiger charge is 2.33. The Morgan fingerprint density at radius 3 is 3.10 bits per heavy atom. The predicted octanol–water partition coefficient (Wildman–Crippen LogP) is 0.429. The minimum Gasteiger partial charge on any atom is -0.329 e. The van der Waals surface area contributed by atoms with E-state index < -0.39 is 0 Å². The van der Waals surface area contributed by atoms with Crippen molar-refractivity contribution < 1.29 is 0 Å². The Labute approximate surface area is 62.4 Å². The molecule has 2 bridgehead atoms. The SMILES string of the molecule is NCC1CC2CCCN1C2. The Hall–Kier alpha value is -0.0800. The van der Waals surface area contributed by atoms with Gasteiger partial charge in [0.2, 0.25) is 0 Å². The van der Waals surface area contributed by atoms with E-state index >= 15 is 0 Å². The fourth-order valence-electron chi connectivity index (χ4n) is 2.40. The van der Waals surface area contributed by atoms with Crippen molar-refractivity contribution in [1.29, 1.82) is 0 Å². The minimum absolute atomic E-state index is 0.729. The largest absolute Gasteiger partial charge is 0.329 e. The standard InChI is InChI=1S/C8H16N2/c9-5-8-4-7-2-1-3-10(8)6-7/h7-8H,1-6,9H2. The summed E-state index contributed by atoms with van der Waals surface area (Å²) < 4.78 is 0. The molecule has 2 aliphatic heterocycles. The Bertz CT molecular complexity index is 124. The van der Waals surface area contributed by atoms with Gasteiger partial charge in [0.1, 0.15) is 0 Å². The maximum atomic E-state index is 5.65. The fourth-order valence-corrected chi connectivity index (χ4v) is 2.40. The highest BCUT2D eigenvalue weighted by molar-refractivity contribution is 4.89. The zero-order valence-electron chi connectivity index (χ0n) is 6.42. The topological polar surface area (TPSA) is 29.3 Å². The van der Waals surface area contributed by atoms with Crippen molar-refractivity contribution >= 4 is 0 Å². The fraction of sp³-hybridized carbons (Fsp3) is 1.00. The van der Waals surface area contributed by atoms with Gasteiger partial charge in [-0.3, -0.25) is 4.90 Å². The first-order chi connectivity index (χ1) is 4.90. The van der Waals surface area contributed by atoms with Gasteiger partial charge in [-0.1, -0.05) is 0 Å². The van der Waals surface area contributed by atoms with E-state index in [2.05, 4.69) is 4.90 Å². The van der Waals surface area contributed by atoms with Crippen LogP contribution in [-0.4, -0.2) is 30.6 Å². The second-order valence-corrected chi connectivity index (χ2v) is 3.63. The molecular formula is C8H16N2. The number of fused-ring (bicyclic) bond motifs is 2. The Morgan fingerprint density at radius 2 is 2.40 bits per heavy atom. The molecule has 2 saturated heterocycles. The van der Waals surface area contributed by atoms with E-state index in [-0.39, 0.29) is 0 Å². The van der Waals surface area contributed by atoms with Crippen LogP contribution < -0.4 is 5.73 Å². The molecule has 2 nitrogen and oxygen atoms in total. The molecule has 58 valence electrons. The lowest BCUT2D eigenvalue weighted by molar-refractivity contribution is 0.225. The molecule has 0 radical (unpaired) electrons. The molecule has 0 aliphatic carbocycles. The molecule has 2 heteroatoms. The molecule has 0 amide bonds. The Balaban J connectivity index is 2.01. The molecule has 0 aromatic rings. The van der Waals surface area contributed by atoms with E-state index in [1.54, 1.807) is 0 Å². The maximum absolute atomic E-state index is 5.65. The van der Waals surface area contributed by atoms with Gasteiger partial charge < -0.3 is 5.73 Å². The van der Waals surface area contributed by atoms with Crippen LogP contribution in [0.5, 0.6) is 0 Å². The third kappa shape index (κ3) is 0.956. The molecule has 2 heterocycles. The predicted molar refractivity (Wildman–Crippen MR) is 41.8 cm³/mol. The van der Waals surface area contributed by atoms with Crippen molar-refractivity contribution in [2.24, 2.45) is 11.7 Å². The molecule has 0 spiro atoms. The van der Waals surface area contributed by atoms with Crippen LogP contribution in [0.2, 0.25) is 0 Å². The highest BCUT2D eigenvalue weighted by atomic mass is 15.2. The molecule has 2 N–H and O–H groups in total. The van der Waals surface area contributed by atoms with Gasteiger partial charge in [0, 0.05) is 19.1 Å². The summed E-state index contributed by atoms with van der Waals surface area (Å²) in [7, 11) is 0. The van der Waals surface area contributed by atoms with Gasteiger partial charge in [0.05, 0.1) is 0 Å². The molecule has 0 aromatic carbocycles. The minimum atomic E-state index is 0.729. The third-order valence-electron chi connectivity index (χ3n) is 2.94. The maximum Gasteiger partial charge on any atom is 0.0221 e. The van der Waals surface area contributed by atoms with Crippen molar-refractivity contribution in [3.8, 4) is 0 Å². The van der Waals surface area contributed by atoms with E-state index in [9.17, 15) is 0 Å². The lowest BCUT2D eigenvalue weighted by atomic mass is 10.00. The molecule has 10 heavy (non-hydrogen) atoms. The quantitative estimate of drug-likeness (QED) is 0.572. The van der Waals surface area contributed by atoms with Crippen molar-refractivity contribution in [1.82, 2.24) is 4.90 Å². The average molecular weight is 140 g/mol. The molecular weight excluding hydrogens is 124 g/mol. The number of hydrogen-bond acceptors (Lipinski definition) is 2. The second-order valence-electron chi connectivity index (χ2n) is 3.63. The smallest absolute Gasteiger partial charge is 0.0221 e. The number of nitrogens with zero attached hydrogens (tertiary/aromatic N) is 1. The second kappa shape index (κ2) is 2.51. The van der Waals surface area contributed by atoms with Gasteiger partial charge in [-0.25, -0.2) is 0 Å². The highest BCUT2D eigenvalue weighted by Crippen LogP contribution is 2.30. The lowest BCUT2D eigenvalue weighted by Gasteiger charge is -2.25. The van der Waals surface area contributed by atoms with Crippen molar-refractivity contribution in [3.05, 3.63) is 0 Å². The van der Waals surface area contributed by atoms with E-state index in [1.807, 2.05) is 0 Å². The van der Waals surface area contributed by atoms with Gasteiger partial charge in [0.15, 0.2) is 0 Å². The molecule has 2 fully saturated rings. The monoisotopic (exact) mass is 140 g/mol. The molecule has 2 rings (SSSR count). The summed E-state index contributed by atoms with van der Waals surface area (Å²) in [6.07, 6.45) is 4.23. The first kappa shape index (κ1) is 6.62. The molecule has 2 aliphatic rings. The molecule has 0 saturated carbocycles. The van der Waals surface area contributed by atoms with Crippen LogP contribution in [0.25, 0.3) is 0 Å². The first-order valence-corrected chi connectivity index (χ1v) is 4.34. The van der Waals surface area contributed by atoms with Crippen LogP contribution in [0.1, 0.15) is 19.3 Å². The van der Waals surface area contributed by atoms with Crippen molar-refractivity contribution in [2.45, 2.75) is 25.3 Å². The zero-order chi connectivity index (χ0) is 6.97. The zero-order valence-corrected chi connectivity index (χ0v) is 6.42.